The fourth-order valence-electron chi connectivity index (χ4n) is 2.28. The summed E-state index contributed by atoms with van der Waals surface area (Å²) in [4.78, 5) is 21.7. The molecule has 0 saturated carbocycles. The van der Waals surface area contributed by atoms with E-state index >= 15 is 0 Å². The number of Topliss-reactive ketones (excluding diaryl/α,β-unsaturated/α-hetero) is 1. The molecule has 0 aromatic rings. The molecule has 0 aromatic carbocycles. The Morgan fingerprint density at radius 2 is 1.18 bits per heavy atom. The molecule has 28 heavy (non-hydrogen) atoms. The predicted molar refractivity (Wildman–Crippen MR) is 116 cm³/mol. The largest absolute Gasteiger partial charge is 0.465 e. The Kier molecular flexibility index (Phi) is 24.3. The molecule has 0 unspecified atom stereocenters. The quantitative estimate of drug-likeness (QED) is 0.130. The summed E-state index contributed by atoms with van der Waals surface area (Å²) in [7, 11) is 0. The summed E-state index contributed by atoms with van der Waals surface area (Å²) in [5.41, 5.74) is 0. The molecule has 0 heterocycles. The summed E-state index contributed by atoms with van der Waals surface area (Å²) in [6, 6.07) is 0. The third-order valence-electron chi connectivity index (χ3n) is 3.81. The van der Waals surface area contributed by atoms with E-state index in [1.165, 1.54) is 58.3 Å². The molecular formula is C22H44AlO5+. The minimum absolute atomic E-state index is 0.0856. The molecule has 0 N–H and O–H groups in total. The fraction of sp³-hybridized carbons (Fsp3) is 0.909. The molecular weight excluding hydrogens is 371 g/mol. The van der Waals surface area contributed by atoms with Gasteiger partial charge in [-0.3, -0.25) is 9.59 Å². The Morgan fingerprint density at radius 1 is 0.750 bits per heavy atom. The molecule has 0 fully saturated rings. The molecule has 6 heteroatoms. The zero-order chi connectivity index (χ0) is 21.6. The minimum Gasteiger partial charge on any atom is -0.465 e. The van der Waals surface area contributed by atoms with Crippen molar-refractivity contribution < 1.29 is 21.9 Å². The van der Waals surface area contributed by atoms with E-state index in [4.69, 9.17) is 12.3 Å². The maximum Gasteiger partial charge on any atom is 0.313 e. The van der Waals surface area contributed by atoms with Crippen LogP contribution in [0.1, 0.15) is 112 Å². The third-order valence-corrected chi connectivity index (χ3v) is 5.12. The van der Waals surface area contributed by atoms with Crippen molar-refractivity contribution in [2.24, 2.45) is 0 Å². The van der Waals surface area contributed by atoms with Crippen LogP contribution in [0, 0.1) is 0 Å². The average molecular weight is 416 g/mol. The van der Waals surface area contributed by atoms with Crippen LogP contribution in [0.4, 0.5) is 0 Å². The molecule has 0 spiro atoms. The zero-order valence-electron chi connectivity index (χ0n) is 19.3. The van der Waals surface area contributed by atoms with Crippen molar-refractivity contribution in [1.82, 2.24) is 0 Å². The molecule has 0 aliphatic rings. The van der Waals surface area contributed by atoms with E-state index in [-0.39, 0.29) is 34.1 Å². The maximum absolute atomic E-state index is 11.1. The standard InChI is InChI=1S/C16H30O3.2C3H7O.Al/c1-3-4-5-6-7-8-9-10-11-12-13-19-16(18)14-15(2)17;2*1-3(2)4;/h3-14H2,1-2H3;2*3H,1-2H3;/q;2*-1;+3. The van der Waals surface area contributed by atoms with Crippen LogP contribution in [0.2, 0.25) is 0 Å². The van der Waals surface area contributed by atoms with E-state index in [0.717, 1.165) is 12.8 Å². The molecule has 0 aliphatic heterocycles. The molecule has 0 saturated heterocycles. The van der Waals surface area contributed by atoms with Gasteiger partial charge in [0.25, 0.3) is 0 Å². The molecule has 0 amide bonds. The maximum atomic E-state index is 11.1. The van der Waals surface area contributed by atoms with E-state index in [9.17, 15) is 9.59 Å². The molecule has 0 bridgehead atoms. The van der Waals surface area contributed by atoms with Crippen molar-refractivity contribution in [3.63, 3.8) is 0 Å². The summed E-state index contributed by atoms with van der Waals surface area (Å²) in [6.07, 6.45) is 13.2. The van der Waals surface area contributed by atoms with Crippen molar-refractivity contribution in [3.8, 4) is 0 Å². The van der Waals surface area contributed by atoms with E-state index in [1.54, 1.807) is 0 Å². The number of unbranched alkanes of at least 4 members (excludes halogenated alkanes) is 9. The first-order chi connectivity index (χ1) is 13.3. The van der Waals surface area contributed by atoms with Crippen LogP contribution in [0.3, 0.4) is 0 Å². The van der Waals surface area contributed by atoms with E-state index in [2.05, 4.69) is 6.92 Å². The first kappa shape index (κ1) is 29.8. The van der Waals surface area contributed by atoms with Crippen molar-refractivity contribution in [2.45, 2.75) is 124 Å². The number of carbonyl (C=O) groups is 2. The van der Waals surface area contributed by atoms with Gasteiger partial charge in [-0.2, -0.15) is 0 Å². The van der Waals surface area contributed by atoms with Crippen LogP contribution in [0.25, 0.3) is 0 Å². The number of carbonyl (C=O) groups excluding carboxylic acids is 2. The average Bonchev–Trinajstić information content (AvgIpc) is 2.59. The molecule has 0 radical (unpaired) electrons. The number of esters is 1. The van der Waals surface area contributed by atoms with Crippen molar-refractivity contribution in [2.75, 3.05) is 6.61 Å². The van der Waals surface area contributed by atoms with E-state index in [1.807, 2.05) is 27.7 Å². The number of hydrogen-bond donors (Lipinski definition) is 0. The first-order valence-electron chi connectivity index (χ1n) is 11.1. The van der Waals surface area contributed by atoms with Crippen LogP contribution < -0.4 is 0 Å². The topological polar surface area (TPSA) is 61.8 Å². The Labute approximate surface area is 180 Å². The van der Waals surface area contributed by atoms with Gasteiger partial charge in [0.2, 0.25) is 0 Å². The van der Waals surface area contributed by atoms with Crippen LogP contribution in [0.15, 0.2) is 0 Å². The van der Waals surface area contributed by atoms with Crippen LogP contribution in [0.5, 0.6) is 0 Å². The summed E-state index contributed by atoms with van der Waals surface area (Å²) in [6.45, 7) is 12.1. The SMILES string of the molecule is CC(C)[O][Al+][O]C(C)C.CCCCCCCCCCCCOC(=O)CC(C)=O. The Hall–Kier alpha value is -0.408. The monoisotopic (exact) mass is 415 g/mol. The van der Waals surface area contributed by atoms with Gasteiger partial charge in [0, 0.05) is 0 Å². The summed E-state index contributed by atoms with van der Waals surface area (Å²) < 4.78 is 15.4. The van der Waals surface area contributed by atoms with Gasteiger partial charge >= 0.3 is 69.3 Å². The van der Waals surface area contributed by atoms with Crippen molar-refractivity contribution in [1.29, 1.82) is 0 Å². The van der Waals surface area contributed by atoms with Gasteiger partial charge in [-0.05, 0) is 13.3 Å². The van der Waals surface area contributed by atoms with Crippen molar-refractivity contribution >= 4 is 27.6 Å². The van der Waals surface area contributed by atoms with Crippen LogP contribution in [-0.2, 0) is 21.9 Å². The fourth-order valence-corrected chi connectivity index (χ4v) is 2.79. The third kappa shape index (κ3) is 30.3. The van der Waals surface area contributed by atoms with Gasteiger partial charge in [0.15, 0.2) is 0 Å². The molecule has 0 rings (SSSR count). The normalized spacial score (nSPS) is 10.4. The molecule has 0 aliphatic carbocycles. The van der Waals surface area contributed by atoms with Gasteiger partial charge < -0.3 is 4.74 Å². The minimum atomic E-state index is -0.386. The van der Waals surface area contributed by atoms with E-state index in [0.29, 0.717) is 18.8 Å². The summed E-state index contributed by atoms with van der Waals surface area (Å²) >= 11 is -0.245. The van der Waals surface area contributed by atoms with E-state index < -0.39 is 0 Å². The van der Waals surface area contributed by atoms with Crippen LogP contribution in [-0.4, -0.2) is 46.5 Å². The summed E-state index contributed by atoms with van der Waals surface area (Å²) in [5.74, 6) is -0.517. The summed E-state index contributed by atoms with van der Waals surface area (Å²) in [5, 5.41) is 0. The Morgan fingerprint density at radius 3 is 1.57 bits per heavy atom. The first-order valence-corrected chi connectivity index (χ1v) is 12.0. The Bertz CT molecular complexity index is 351. The second-order valence-electron chi connectivity index (χ2n) is 7.75. The zero-order valence-corrected chi connectivity index (χ0v) is 20.4. The molecule has 0 atom stereocenters. The second kappa shape index (κ2) is 22.9. The number of ether oxygens (including phenoxy) is 1. The van der Waals surface area contributed by atoms with Crippen molar-refractivity contribution in [3.05, 3.63) is 0 Å². The van der Waals surface area contributed by atoms with Gasteiger partial charge in [-0.15, -0.1) is 0 Å². The molecule has 164 valence electrons. The smallest absolute Gasteiger partial charge is 0.313 e. The number of rotatable bonds is 17. The predicted octanol–water partition coefficient (Wildman–Crippen LogP) is 5.80. The molecule has 5 nitrogen and oxygen atoms in total. The van der Waals surface area contributed by atoms with Crippen LogP contribution >= 0.6 is 0 Å². The Balaban J connectivity index is 0. The molecule has 0 aromatic heterocycles. The number of ketones is 1. The number of hydrogen-bond acceptors (Lipinski definition) is 5. The van der Waals surface area contributed by atoms with Gasteiger partial charge in [-0.1, -0.05) is 64.7 Å². The second-order valence-corrected chi connectivity index (χ2v) is 8.48. The van der Waals surface area contributed by atoms with Gasteiger partial charge in [0.1, 0.15) is 12.2 Å². The van der Waals surface area contributed by atoms with Gasteiger partial charge in [0.05, 0.1) is 6.61 Å². The van der Waals surface area contributed by atoms with Gasteiger partial charge in [-0.25, -0.2) is 0 Å².